The summed E-state index contributed by atoms with van der Waals surface area (Å²) >= 11 is 0. The number of nitrogens with zero attached hydrogens (tertiary/aromatic N) is 2. The first-order chi connectivity index (χ1) is 7.88. The van der Waals surface area contributed by atoms with E-state index in [1.165, 1.54) is 12.8 Å². The largest absolute Gasteiger partial charge is 0.497 e. The standard InChI is InChI=1S/C13H14N2O/c1-16-12-6-2-10(3-7-12)13-14-8-9-15(13)11-4-5-11/h2-3,6-9,11H,4-5H2,1H3. The van der Waals surface area contributed by atoms with Crippen molar-refractivity contribution in [1.29, 1.82) is 0 Å². The molecule has 1 aromatic heterocycles. The van der Waals surface area contributed by atoms with Gasteiger partial charge in [0, 0.05) is 24.0 Å². The van der Waals surface area contributed by atoms with E-state index in [2.05, 4.69) is 27.9 Å². The predicted octanol–water partition coefficient (Wildman–Crippen LogP) is 2.89. The van der Waals surface area contributed by atoms with Crippen LogP contribution in [-0.2, 0) is 0 Å². The van der Waals surface area contributed by atoms with Crippen molar-refractivity contribution in [1.82, 2.24) is 9.55 Å². The lowest BCUT2D eigenvalue weighted by Gasteiger charge is -2.06. The third-order valence-corrected chi connectivity index (χ3v) is 2.96. The van der Waals surface area contributed by atoms with Gasteiger partial charge in [-0.05, 0) is 37.1 Å². The summed E-state index contributed by atoms with van der Waals surface area (Å²) in [6, 6.07) is 8.72. The van der Waals surface area contributed by atoms with E-state index in [0.29, 0.717) is 6.04 Å². The zero-order chi connectivity index (χ0) is 11.0. The maximum absolute atomic E-state index is 5.15. The molecule has 3 nitrogen and oxygen atoms in total. The molecule has 0 atom stereocenters. The zero-order valence-corrected chi connectivity index (χ0v) is 9.26. The molecule has 3 heteroatoms. The Morgan fingerprint density at radius 1 is 1.25 bits per heavy atom. The SMILES string of the molecule is COc1ccc(-c2nccn2C2CC2)cc1. The number of imidazole rings is 1. The van der Waals surface area contributed by atoms with Gasteiger partial charge in [0.15, 0.2) is 0 Å². The maximum Gasteiger partial charge on any atom is 0.140 e. The predicted molar refractivity (Wildman–Crippen MR) is 62.5 cm³/mol. The second-order valence-electron chi connectivity index (χ2n) is 4.12. The normalized spacial score (nSPS) is 15.1. The molecule has 16 heavy (non-hydrogen) atoms. The Bertz CT molecular complexity index is 483. The summed E-state index contributed by atoms with van der Waals surface area (Å²) < 4.78 is 7.42. The Balaban J connectivity index is 1.97. The van der Waals surface area contributed by atoms with Gasteiger partial charge in [0.1, 0.15) is 11.6 Å². The van der Waals surface area contributed by atoms with E-state index in [1.807, 2.05) is 18.3 Å². The minimum Gasteiger partial charge on any atom is -0.497 e. The monoisotopic (exact) mass is 214 g/mol. The van der Waals surface area contributed by atoms with Gasteiger partial charge < -0.3 is 9.30 Å². The summed E-state index contributed by atoms with van der Waals surface area (Å²) in [4.78, 5) is 4.43. The molecular formula is C13H14N2O. The topological polar surface area (TPSA) is 27.1 Å². The molecule has 0 aliphatic heterocycles. The molecule has 1 saturated carbocycles. The minimum absolute atomic E-state index is 0.666. The van der Waals surface area contributed by atoms with Gasteiger partial charge in [-0.3, -0.25) is 0 Å². The lowest BCUT2D eigenvalue weighted by atomic mass is 10.2. The van der Waals surface area contributed by atoms with E-state index in [9.17, 15) is 0 Å². The van der Waals surface area contributed by atoms with Crippen molar-refractivity contribution >= 4 is 0 Å². The first-order valence-electron chi connectivity index (χ1n) is 5.56. The number of ether oxygens (including phenoxy) is 1. The summed E-state index contributed by atoms with van der Waals surface area (Å²) in [6.45, 7) is 0. The Morgan fingerprint density at radius 2 is 2.00 bits per heavy atom. The van der Waals surface area contributed by atoms with Crippen molar-refractivity contribution in [3.8, 4) is 17.1 Å². The summed E-state index contributed by atoms with van der Waals surface area (Å²) in [6.07, 6.45) is 6.49. The molecular weight excluding hydrogens is 200 g/mol. The lowest BCUT2D eigenvalue weighted by Crippen LogP contribution is -1.95. The van der Waals surface area contributed by atoms with Gasteiger partial charge in [0.05, 0.1) is 7.11 Å². The van der Waals surface area contributed by atoms with E-state index < -0.39 is 0 Å². The van der Waals surface area contributed by atoms with Crippen LogP contribution in [0.25, 0.3) is 11.4 Å². The molecule has 0 bridgehead atoms. The van der Waals surface area contributed by atoms with Crippen LogP contribution in [0.1, 0.15) is 18.9 Å². The molecule has 0 amide bonds. The van der Waals surface area contributed by atoms with Crippen LogP contribution in [0.5, 0.6) is 5.75 Å². The molecule has 0 radical (unpaired) electrons. The van der Waals surface area contributed by atoms with E-state index in [0.717, 1.165) is 17.1 Å². The average molecular weight is 214 g/mol. The smallest absolute Gasteiger partial charge is 0.140 e. The van der Waals surface area contributed by atoms with Crippen molar-refractivity contribution in [2.45, 2.75) is 18.9 Å². The highest BCUT2D eigenvalue weighted by Crippen LogP contribution is 2.37. The molecule has 0 N–H and O–H groups in total. The van der Waals surface area contributed by atoms with Gasteiger partial charge in [0.25, 0.3) is 0 Å². The molecule has 1 aliphatic carbocycles. The fourth-order valence-corrected chi connectivity index (χ4v) is 1.92. The number of benzene rings is 1. The molecule has 0 unspecified atom stereocenters. The average Bonchev–Trinajstić information content (AvgIpc) is 3.07. The highest BCUT2D eigenvalue weighted by molar-refractivity contribution is 5.57. The molecule has 1 fully saturated rings. The molecule has 2 aromatic rings. The van der Waals surface area contributed by atoms with Gasteiger partial charge in [-0.2, -0.15) is 0 Å². The van der Waals surface area contributed by atoms with Gasteiger partial charge in [-0.15, -0.1) is 0 Å². The van der Waals surface area contributed by atoms with Crippen LogP contribution < -0.4 is 4.74 Å². The third kappa shape index (κ3) is 1.58. The number of rotatable bonds is 3. The Labute approximate surface area is 94.7 Å². The summed E-state index contributed by atoms with van der Waals surface area (Å²) in [5, 5.41) is 0. The van der Waals surface area contributed by atoms with E-state index in [1.54, 1.807) is 7.11 Å². The van der Waals surface area contributed by atoms with E-state index >= 15 is 0 Å². The number of hydrogen-bond acceptors (Lipinski definition) is 2. The quantitative estimate of drug-likeness (QED) is 0.785. The summed E-state index contributed by atoms with van der Waals surface area (Å²) in [7, 11) is 1.68. The molecule has 1 heterocycles. The van der Waals surface area contributed by atoms with Gasteiger partial charge >= 0.3 is 0 Å². The highest BCUT2D eigenvalue weighted by atomic mass is 16.5. The number of methoxy groups -OCH3 is 1. The summed E-state index contributed by atoms with van der Waals surface area (Å²) in [5.74, 6) is 1.94. The van der Waals surface area contributed by atoms with Crippen LogP contribution in [-0.4, -0.2) is 16.7 Å². The number of hydrogen-bond donors (Lipinski definition) is 0. The van der Waals surface area contributed by atoms with Crippen molar-refractivity contribution in [2.75, 3.05) is 7.11 Å². The van der Waals surface area contributed by atoms with Crippen LogP contribution in [0, 0.1) is 0 Å². The van der Waals surface area contributed by atoms with Crippen molar-refractivity contribution in [3.63, 3.8) is 0 Å². The van der Waals surface area contributed by atoms with Gasteiger partial charge in [-0.1, -0.05) is 0 Å². The Hall–Kier alpha value is -1.77. The first-order valence-corrected chi connectivity index (χ1v) is 5.56. The maximum atomic E-state index is 5.15. The molecule has 3 rings (SSSR count). The zero-order valence-electron chi connectivity index (χ0n) is 9.26. The van der Waals surface area contributed by atoms with Crippen LogP contribution in [0.4, 0.5) is 0 Å². The minimum atomic E-state index is 0.666. The second kappa shape index (κ2) is 3.67. The van der Waals surface area contributed by atoms with E-state index in [-0.39, 0.29) is 0 Å². The molecule has 0 spiro atoms. The second-order valence-corrected chi connectivity index (χ2v) is 4.12. The fourth-order valence-electron chi connectivity index (χ4n) is 1.92. The van der Waals surface area contributed by atoms with Gasteiger partial charge in [-0.25, -0.2) is 4.98 Å². The Morgan fingerprint density at radius 3 is 2.62 bits per heavy atom. The molecule has 82 valence electrons. The molecule has 0 saturated heterocycles. The third-order valence-electron chi connectivity index (χ3n) is 2.96. The van der Waals surface area contributed by atoms with Crippen LogP contribution >= 0.6 is 0 Å². The van der Waals surface area contributed by atoms with Gasteiger partial charge in [0.2, 0.25) is 0 Å². The van der Waals surface area contributed by atoms with Crippen molar-refractivity contribution in [3.05, 3.63) is 36.7 Å². The van der Waals surface area contributed by atoms with Crippen LogP contribution in [0.2, 0.25) is 0 Å². The molecule has 1 aliphatic rings. The van der Waals surface area contributed by atoms with Crippen LogP contribution in [0.15, 0.2) is 36.7 Å². The highest BCUT2D eigenvalue weighted by Gasteiger charge is 2.25. The Kier molecular flexibility index (Phi) is 2.17. The van der Waals surface area contributed by atoms with Crippen molar-refractivity contribution < 1.29 is 4.74 Å². The van der Waals surface area contributed by atoms with Crippen molar-refractivity contribution in [2.24, 2.45) is 0 Å². The van der Waals surface area contributed by atoms with Crippen LogP contribution in [0.3, 0.4) is 0 Å². The summed E-state index contributed by atoms with van der Waals surface area (Å²) in [5.41, 5.74) is 1.15. The number of aromatic nitrogens is 2. The first kappa shape index (κ1) is 9.46. The molecule has 1 aromatic carbocycles. The lowest BCUT2D eigenvalue weighted by molar-refractivity contribution is 0.415. The fraction of sp³-hybridized carbons (Fsp3) is 0.308. The van der Waals surface area contributed by atoms with E-state index in [4.69, 9.17) is 4.74 Å².